The van der Waals surface area contributed by atoms with Crippen molar-refractivity contribution in [1.82, 2.24) is 4.72 Å². The second-order valence-corrected chi connectivity index (χ2v) is 10.9. The van der Waals surface area contributed by atoms with E-state index in [-0.39, 0.29) is 16.3 Å². The summed E-state index contributed by atoms with van der Waals surface area (Å²) in [4.78, 5) is 0.339. The average molecular weight is 440 g/mol. The fraction of sp³-hybridized carbons (Fsp3) is 0.429. The molecule has 2 rings (SSSR count). The lowest BCUT2D eigenvalue weighted by Crippen LogP contribution is -2.34. The summed E-state index contributed by atoms with van der Waals surface area (Å²) in [6, 6.07) is 7.16. The molecule has 1 atom stereocenters. The van der Waals surface area contributed by atoms with E-state index in [2.05, 4.69) is 4.72 Å². The van der Waals surface area contributed by atoms with Gasteiger partial charge in [-0.25, -0.2) is 13.1 Å². The molecule has 0 spiro atoms. The van der Waals surface area contributed by atoms with E-state index in [1.807, 2.05) is 13.8 Å². The molecule has 0 aliphatic rings. The van der Waals surface area contributed by atoms with Gasteiger partial charge in [-0.05, 0) is 70.7 Å². The molecule has 0 radical (unpaired) electrons. The van der Waals surface area contributed by atoms with E-state index in [4.69, 9.17) is 4.18 Å². The number of hydrogen-bond acceptors (Lipinski definition) is 5. The monoisotopic (exact) mass is 439 g/mol. The van der Waals surface area contributed by atoms with Crippen molar-refractivity contribution >= 4 is 20.1 Å². The first-order valence-electron chi connectivity index (χ1n) is 9.33. The van der Waals surface area contributed by atoms with Gasteiger partial charge in [0.05, 0.1) is 15.9 Å². The Hall–Kier alpha value is -1.74. The van der Waals surface area contributed by atoms with Gasteiger partial charge in [0.25, 0.3) is 10.1 Å². The summed E-state index contributed by atoms with van der Waals surface area (Å²) in [7, 11) is -7.83. The van der Waals surface area contributed by atoms with Crippen LogP contribution in [-0.2, 0) is 24.3 Å². The van der Waals surface area contributed by atoms with Crippen LogP contribution in [0.4, 0.5) is 0 Å². The fourth-order valence-corrected chi connectivity index (χ4v) is 6.82. The molecule has 0 amide bonds. The highest BCUT2D eigenvalue weighted by atomic mass is 32.2. The first-order valence-corrected chi connectivity index (χ1v) is 12.2. The van der Waals surface area contributed by atoms with Crippen molar-refractivity contribution in [3.63, 3.8) is 0 Å². The molecule has 0 heterocycles. The summed E-state index contributed by atoms with van der Waals surface area (Å²) in [5.74, 6) is 0. The molecule has 0 fully saturated rings. The van der Waals surface area contributed by atoms with Crippen LogP contribution < -0.4 is 4.72 Å². The van der Waals surface area contributed by atoms with Gasteiger partial charge in [0.15, 0.2) is 0 Å². The molecule has 160 valence electrons. The highest BCUT2D eigenvalue weighted by Crippen LogP contribution is 2.25. The molecule has 2 aromatic rings. The predicted molar refractivity (Wildman–Crippen MR) is 114 cm³/mol. The summed E-state index contributed by atoms with van der Waals surface area (Å²) in [6.07, 6.45) is -0.874. The quantitative estimate of drug-likeness (QED) is 0.666. The van der Waals surface area contributed by atoms with Gasteiger partial charge in [-0.3, -0.25) is 4.18 Å². The van der Waals surface area contributed by atoms with Gasteiger partial charge in [-0.15, -0.1) is 0 Å². The van der Waals surface area contributed by atoms with Crippen LogP contribution in [0.1, 0.15) is 40.3 Å². The minimum atomic E-state index is -4.03. The summed E-state index contributed by atoms with van der Waals surface area (Å²) in [5.41, 5.74) is 4.42. The van der Waals surface area contributed by atoms with Crippen LogP contribution in [0.5, 0.6) is 0 Å². The van der Waals surface area contributed by atoms with Crippen LogP contribution in [0.3, 0.4) is 0 Å². The summed E-state index contributed by atoms with van der Waals surface area (Å²) >= 11 is 0. The Bertz CT molecular complexity index is 1090. The first kappa shape index (κ1) is 23.5. The lowest BCUT2D eigenvalue weighted by atomic mass is 10.1. The highest BCUT2D eigenvalue weighted by molar-refractivity contribution is 7.89. The van der Waals surface area contributed by atoms with Crippen molar-refractivity contribution in [3.8, 4) is 0 Å². The average Bonchev–Trinajstić information content (AvgIpc) is 2.49. The number of aryl methyl sites for hydroxylation is 6. The van der Waals surface area contributed by atoms with Crippen molar-refractivity contribution in [3.05, 3.63) is 57.6 Å². The maximum Gasteiger partial charge on any atom is 0.297 e. The normalized spacial score (nSPS) is 13.5. The molecule has 2 aromatic carbocycles. The molecule has 0 aliphatic carbocycles. The van der Waals surface area contributed by atoms with Gasteiger partial charge in [0.1, 0.15) is 0 Å². The van der Waals surface area contributed by atoms with Gasteiger partial charge >= 0.3 is 0 Å². The Kier molecular flexibility index (Phi) is 6.94. The zero-order valence-electron chi connectivity index (χ0n) is 18.0. The van der Waals surface area contributed by atoms with Gasteiger partial charge in [-0.1, -0.05) is 35.4 Å². The van der Waals surface area contributed by atoms with Crippen molar-refractivity contribution < 1.29 is 21.0 Å². The third-order valence-corrected chi connectivity index (χ3v) is 8.03. The maximum absolute atomic E-state index is 12.8. The molecule has 0 bridgehead atoms. The minimum absolute atomic E-state index is 0.128. The highest BCUT2D eigenvalue weighted by Gasteiger charge is 2.26. The zero-order chi connectivity index (χ0) is 22.1. The van der Waals surface area contributed by atoms with E-state index < -0.39 is 26.2 Å². The number of benzene rings is 2. The third-order valence-electron chi connectivity index (χ3n) is 4.58. The van der Waals surface area contributed by atoms with E-state index >= 15 is 0 Å². The van der Waals surface area contributed by atoms with Crippen LogP contribution in [0.15, 0.2) is 34.1 Å². The van der Waals surface area contributed by atoms with E-state index in [1.54, 1.807) is 52.0 Å². The molecular weight excluding hydrogens is 410 g/mol. The second kappa shape index (κ2) is 8.55. The van der Waals surface area contributed by atoms with Crippen LogP contribution >= 0.6 is 0 Å². The Labute approximate surface area is 174 Å². The van der Waals surface area contributed by atoms with Crippen LogP contribution in [0.2, 0.25) is 0 Å². The topological polar surface area (TPSA) is 89.5 Å². The van der Waals surface area contributed by atoms with Crippen molar-refractivity contribution in [2.45, 2.75) is 64.4 Å². The van der Waals surface area contributed by atoms with E-state index in [1.165, 1.54) is 6.92 Å². The van der Waals surface area contributed by atoms with Gasteiger partial charge in [-0.2, -0.15) is 8.42 Å². The van der Waals surface area contributed by atoms with Gasteiger partial charge < -0.3 is 0 Å². The number of hydrogen-bond donors (Lipinski definition) is 1. The van der Waals surface area contributed by atoms with Gasteiger partial charge in [0.2, 0.25) is 10.0 Å². The zero-order valence-corrected chi connectivity index (χ0v) is 19.6. The lowest BCUT2D eigenvalue weighted by molar-refractivity contribution is 0.231. The Balaban J connectivity index is 2.19. The second-order valence-electron chi connectivity index (χ2n) is 7.67. The van der Waals surface area contributed by atoms with Crippen molar-refractivity contribution in [2.24, 2.45) is 0 Å². The molecule has 6 nitrogen and oxygen atoms in total. The minimum Gasteiger partial charge on any atom is -0.262 e. The SMILES string of the molecule is Cc1cc(C)c(S(=O)(=O)NCC(C)OS(=O)(=O)c2c(C)cc(C)cc2C)c(C)c1. The standard InChI is InChI=1S/C21H29NO5S2/c1-13-8-15(3)20(16(4)9-13)28(23,24)22-12-19(7)27-29(25,26)21-17(5)10-14(2)11-18(21)6/h8-11,19,22H,12H2,1-7H3. The van der Waals surface area contributed by atoms with Crippen LogP contribution in [0.25, 0.3) is 0 Å². The molecule has 0 saturated carbocycles. The van der Waals surface area contributed by atoms with E-state index in [9.17, 15) is 16.8 Å². The largest absolute Gasteiger partial charge is 0.297 e. The number of sulfonamides is 1. The first-order chi connectivity index (χ1) is 13.2. The van der Waals surface area contributed by atoms with Crippen molar-refractivity contribution in [2.75, 3.05) is 6.54 Å². The predicted octanol–water partition coefficient (Wildman–Crippen LogP) is 3.61. The van der Waals surface area contributed by atoms with Crippen molar-refractivity contribution in [1.29, 1.82) is 0 Å². The molecule has 29 heavy (non-hydrogen) atoms. The molecular formula is C21H29NO5S2. The summed E-state index contributed by atoms with van der Waals surface area (Å²) < 4.78 is 58.7. The Morgan fingerprint density at radius 1 is 0.759 bits per heavy atom. The summed E-state index contributed by atoms with van der Waals surface area (Å²) in [5, 5.41) is 0. The van der Waals surface area contributed by atoms with Crippen LogP contribution in [0, 0.1) is 41.5 Å². The number of rotatable bonds is 7. The fourth-order valence-electron chi connectivity index (χ4n) is 3.75. The number of nitrogens with one attached hydrogen (secondary N) is 1. The third kappa shape index (κ3) is 5.45. The Morgan fingerprint density at radius 3 is 1.55 bits per heavy atom. The molecule has 1 unspecified atom stereocenters. The maximum atomic E-state index is 12.8. The molecule has 1 N–H and O–H groups in total. The van der Waals surface area contributed by atoms with Gasteiger partial charge in [0, 0.05) is 6.54 Å². The van der Waals surface area contributed by atoms with E-state index in [0.29, 0.717) is 22.3 Å². The molecule has 8 heteroatoms. The smallest absolute Gasteiger partial charge is 0.262 e. The molecule has 0 aromatic heterocycles. The molecule has 0 saturated heterocycles. The Morgan fingerprint density at radius 2 is 1.14 bits per heavy atom. The lowest BCUT2D eigenvalue weighted by Gasteiger charge is -2.18. The molecule has 0 aliphatic heterocycles. The van der Waals surface area contributed by atoms with E-state index in [0.717, 1.165) is 11.1 Å². The summed E-state index contributed by atoms with van der Waals surface area (Å²) in [6.45, 7) is 12.1. The van der Waals surface area contributed by atoms with Crippen LogP contribution in [-0.4, -0.2) is 29.5 Å².